The SMILES string of the molecule is Cn1cnc(-c2c3c(nn2C)C2(C)Cc4cnoc4C(C)(C)[C@@H]2CC3)n1. The third-order valence-electron chi connectivity index (χ3n) is 6.61. The van der Waals surface area contributed by atoms with Crippen LogP contribution in [0.1, 0.15) is 49.8 Å². The van der Waals surface area contributed by atoms with E-state index in [1.54, 1.807) is 11.0 Å². The van der Waals surface area contributed by atoms with E-state index in [0.29, 0.717) is 5.92 Å². The Morgan fingerprint density at radius 2 is 2.00 bits per heavy atom. The van der Waals surface area contributed by atoms with Crippen molar-refractivity contribution in [2.24, 2.45) is 20.0 Å². The second-order valence-corrected chi connectivity index (χ2v) is 8.63. The van der Waals surface area contributed by atoms with Crippen LogP contribution in [-0.4, -0.2) is 29.7 Å². The second-order valence-electron chi connectivity index (χ2n) is 8.63. The van der Waals surface area contributed by atoms with E-state index < -0.39 is 0 Å². The van der Waals surface area contributed by atoms with Crippen LogP contribution in [0.3, 0.4) is 0 Å². The molecule has 3 heterocycles. The summed E-state index contributed by atoms with van der Waals surface area (Å²) in [7, 11) is 3.90. The van der Waals surface area contributed by atoms with Gasteiger partial charge in [0.2, 0.25) is 0 Å². The van der Waals surface area contributed by atoms with Crippen molar-refractivity contribution in [2.75, 3.05) is 0 Å². The normalized spacial score (nSPS) is 26.3. The monoisotopic (exact) mass is 352 g/mol. The number of rotatable bonds is 1. The van der Waals surface area contributed by atoms with Crippen LogP contribution in [0.2, 0.25) is 0 Å². The first-order valence-electron chi connectivity index (χ1n) is 9.19. The number of hydrogen-bond donors (Lipinski definition) is 0. The third kappa shape index (κ3) is 1.83. The molecule has 0 saturated heterocycles. The second kappa shape index (κ2) is 4.84. The average molecular weight is 352 g/mol. The van der Waals surface area contributed by atoms with Gasteiger partial charge >= 0.3 is 0 Å². The summed E-state index contributed by atoms with van der Waals surface area (Å²) in [5.74, 6) is 2.26. The predicted molar refractivity (Wildman–Crippen MR) is 95.6 cm³/mol. The topological polar surface area (TPSA) is 74.6 Å². The molecule has 3 aromatic rings. The molecular formula is C19H24N6O. The maximum absolute atomic E-state index is 5.66. The molecule has 3 aromatic heterocycles. The number of fused-ring (bicyclic) bond motifs is 4. The molecule has 0 radical (unpaired) electrons. The molecule has 2 aliphatic carbocycles. The van der Waals surface area contributed by atoms with Crippen LogP contribution >= 0.6 is 0 Å². The van der Waals surface area contributed by atoms with Crippen molar-refractivity contribution in [2.45, 2.75) is 50.9 Å². The van der Waals surface area contributed by atoms with Crippen molar-refractivity contribution >= 4 is 0 Å². The van der Waals surface area contributed by atoms with Gasteiger partial charge in [0.25, 0.3) is 0 Å². The Balaban J connectivity index is 1.71. The van der Waals surface area contributed by atoms with Gasteiger partial charge in [-0.05, 0) is 25.2 Å². The van der Waals surface area contributed by atoms with E-state index in [1.807, 2.05) is 25.0 Å². The summed E-state index contributed by atoms with van der Waals surface area (Å²) < 4.78 is 9.36. The van der Waals surface area contributed by atoms with E-state index in [1.165, 1.54) is 16.8 Å². The smallest absolute Gasteiger partial charge is 0.199 e. The number of aryl methyl sites for hydroxylation is 2. The van der Waals surface area contributed by atoms with Crippen molar-refractivity contribution in [3.63, 3.8) is 0 Å². The number of hydrogen-bond acceptors (Lipinski definition) is 5. The van der Waals surface area contributed by atoms with Gasteiger partial charge in [-0.1, -0.05) is 25.9 Å². The van der Waals surface area contributed by atoms with Gasteiger partial charge in [-0.2, -0.15) is 5.10 Å². The van der Waals surface area contributed by atoms with Crippen molar-refractivity contribution in [1.29, 1.82) is 0 Å². The Morgan fingerprint density at radius 1 is 1.19 bits per heavy atom. The fourth-order valence-electron chi connectivity index (χ4n) is 5.60. The van der Waals surface area contributed by atoms with E-state index in [-0.39, 0.29) is 10.8 Å². The van der Waals surface area contributed by atoms with Crippen LogP contribution in [0.4, 0.5) is 0 Å². The molecule has 0 amide bonds. The van der Waals surface area contributed by atoms with E-state index >= 15 is 0 Å². The Bertz CT molecular complexity index is 1010. The minimum Gasteiger partial charge on any atom is -0.361 e. The highest BCUT2D eigenvalue weighted by Crippen LogP contribution is 2.56. The number of nitrogens with zero attached hydrogens (tertiary/aromatic N) is 6. The zero-order valence-electron chi connectivity index (χ0n) is 15.9. The molecule has 26 heavy (non-hydrogen) atoms. The molecule has 0 spiro atoms. The molecule has 2 atom stereocenters. The zero-order valence-corrected chi connectivity index (χ0v) is 15.9. The number of aromatic nitrogens is 6. The molecule has 1 unspecified atom stereocenters. The lowest BCUT2D eigenvalue weighted by Crippen LogP contribution is -2.51. The van der Waals surface area contributed by atoms with Crippen LogP contribution in [-0.2, 0) is 37.8 Å². The van der Waals surface area contributed by atoms with Crippen molar-refractivity contribution < 1.29 is 4.52 Å². The van der Waals surface area contributed by atoms with Gasteiger partial charge in [0.15, 0.2) is 5.82 Å². The highest BCUT2D eigenvalue weighted by atomic mass is 16.5. The van der Waals surface area contributed by atoms with Gasteiger partial charge in [0.05, 0.1) is 11.9 Å². The van der Waals surface area contributed by atoms with E-state index in [4.69, 9.17) is 9.62 Å². The minimum absolute atomic E-state index is 0.0412. The molecule has 7 heteroatoms. The lowest BCUT2D eigenvalue weighted by atomic mass is 9.51. The molecule has 5 rings (SSSR count). The summed E-state index contributed by atoms with van der Waals surface area (Å²) in [6, 6.07) is 0. The van der Waals surface area contributed by atoms with Gasteiger partial charge in [0.1, 0.15) is 17.8 Å². The fraction of sp³-hybridized carbons (Fsp3) is 0.579. The molecule has 0 bridgehead atoms. The first-order valence-corrected chi connectivity index (χ1v) is 9.19. The van der Waals surface area contributed by atoms with Crippen LogP contribution in [0.5, 0.6) is 0 Å². The summed E-state index contributed by atoms with van der Waals surface area (Å²) in [5, 5.41) is 13.6. The summed E-state index contributed by atoms with van der Waals surface area (Å²) in [4.78, 5) is 4.48. The van der Waals surface area contributed by atoms with E-state index in [9.17, 15) is 0 Å². The Kier molecular flexibility index (Phi) is 2.94. The third-order valence-corrected chi connectivity index (χ3v) is 6.61. The highest BCUT2D eigenvalue weighted by Gasteiger charge is 2.56. The van der Waals surface area contributed by atoms with Crippen molar-refractivity contribution in [3.05, 3.63) is 35.1 Å². The van der Waals surface area contributed by atoms with Crippen LogP contribution in [0, 0.1) is 5.92 Å². The van der Waals surface area contributed by atoms with E-state index in [2.05, 4.69) is 36.0 Å². The Hall–Kier alpha value is -2.44. The predicted octanol–water partition coefficient (Wildman–Crippen LogP) is 2.56. The largest absolute Gasteiger partial charge is 0.361 e. The maximum atomic E-state index is 5.66. The lowest BCUT2D eigenvalue weighted by molar-refractivity contribution is 0.109. The molecule has 0 saturated carbocycles. The van der Waals surface area contributed by atoms with Crippen LogP contribution < -0.4 is 0 Å². The van der Waals surface area contributed by atoms with Gasteiger partial charge in [-0.3, -0.25) is 9.36 Å². The first-order chi connectivity index (χ1) is 12.3. The molecule has 0 aliphatic heterocycles. The molecule has 7 nitrogen and oxygen atoms in total. The highest BCUT2D eigenvalue weighted by molar-refractivity contribution is 5.59. The summed E-state index contributed by atoms with van der Waals surface area (Å²) in [6.07, 6.45) is 6.64. The van der Waals surface area contributed by atoms with Crippen LogP contribution in [0.25, 0.3) is 11.5 Å². The summed E-state index contributed by atoms with van der Waals surface area (Å²) >= 11 is 0. The fourth-order valence-corrected chi connectivity index (χ4v) is 5.60. The summed E-state index contributed by atoms with van der Waals surface area (Å²) in [5.41, 5.74) is 4.66. The first kappa shape index (κ1) is 15.8. The van der Waals surface area contributed by atoms with Gasteiger partial charge in [0, 0.05) is 36.1 Å². The quantitative estimate of drug-likeness (QED) is 0.673. The minimum atomic E-state index is -0.0581. The molecule has 0 aromatic carbocycles. The standard InChI is InChI=1S/C19H24N6O/c1-18(2)13-7-6-12-14(17-20-10-24(4)23-17)25(5)22-15(12)19(13,3)8-11-9-21-26-16(11)18/h9-10,13H,6-8H2,1-5H3/t13-,19?/m0/s1. The Morgan fingerprint density at radius 3 is 2.73 bits per heavy atom. The van der Waals surface area contributed by atoms with E-state index in [0.717, 1.165) is 36.5 Å². The van der Waals surface area contributed by atoms with Gasteiger partial charge in [-0.25, -0.2) is 4.98 Å². The van der Waals surface area contributed by atoms with Gasteiger partial charge < -0.3 is 4.52 Å². The molecule has 0 N–H and O–H groups in total. The van der Waals surface area contributed by atoms with Crippen molar-refractivity contribution in [3.8, 4) is 11.5 Å². The maximum Gasteiger partial charge on any atom is 0.199 e. The Labute approximate surface area is 152 Å². The van der Waals surface area contributed by atoms with Crippen LogP contribution in [0.15, 0.2) is 17.0 Å². The summed E-state index contributed by atoms with van der Waals surface area (Å²) in [6.45, 7) is 6.93. The molecule has 136 valence electrons. The van der Waals surface area contributed by atoms with Gasteiger partial charge in [-0.15, -0.1) is 5.10 Å². The molecule has 0 fully saturated rings. The zero-order chi connectivity index (χ0) is 18.3. The lowest BCUT2D eigenvalue weighted by Gasteiger charge is -2.51. The average Bonchev–Trinajstić information content (AvgIpc) is 3.26. The molecule has 2 aliphatic rings. The van der Waals surface area contributed by atoms with Crippen molar-refractivity contribution in [1.82, 2.24) is 29.7 Å². The molecular weight excluding hydrogens is 328 g/mol.